The zero-order valence-corrected chi connectivity index (χ0v) is 13.1. The van der Waals surface area contributed by atoms with Crippen LogP contribution in [0.2, 0.25) is 0 Å². The van der Waals surface area contributed by atoms with E-state index in [0.29, 0.717) is 6.04 Å². The van der Waals surface area contributed by atoms with Gasteiger partial charge in [-0.25, -0.2) is 4.98 Å². The van der Waals surface area contributed by atoms with Crippen LogP contribution in [0, 0.1) is 0 Å². The van der Waals surface area contributed by atoms with E-state index < -0.39 is 0 Å². The minimum Gasteiger partial charge on any atom is -0.359 e. The monoisotopic (exact) mass is 284 g/mol. The molecule has 1 N–H and O–H groups in total. The first-order valence-corrected chi connectivity index (χ1v) is 7.44. The quantitative estimate of drug-likeness (QED) is 0.848. The summed E-state index contributed by atoms with van der Waals surface area (Å²) in [6.45, 7) is 6.09. The van der Waals surface area contributed by atoms with Gasteiger partial charge in [0, 0.05) is 50.7 Å². The molecular weight excluding hydrogens is 260 g/mol. The molecule has 0 aromatic carbocycles. The van der Waals surface area contributed by atoms with Crippen LogP contribution in [0.4, 0.5) is 5.82 Å². The molecule has 2 aromatic heterocycles. The van der Waals surface area contributed by atoms with E-state index in [9.17, 15) is 0 Å². The Morgan fingerprint density at radius 1 is 1.14 bits per heavy atom. The zero-order chi connectivity index (χ0) is 15.1. The Morgan fingerprint density at radius 2 is 2.00 bits per heavy atom. The molecule has 21 heavy (non-hydrogen) atoms. The fraction of sp³-hybridized carbons (Fsp3) is 0.412. The van der Waals surface area contributed by atoms with Gasteiger partial charge >= 0.3 is 0 Å². The van der Waals surface area contributed by atoms with Crippen molar-refractivity contribution < 1.29 is 0 Å². The molecule has 0 saturated carbocycles. The van der Waals surface area contributed by atoms with Crippen molar-refractivity contribution in [3.63, 3.8) is 0 Å². The third-order valence-electron chi connectivity index (χ3n) is 3.34. The third kappa shape index (κ3) is 5.16. The Bertz CT molecular complexity index is 539. The molecule has 0 spiro atoms. The predicted octanol–water partition coefficient (Wildman–Crippen LogP) is 2.65. The Labute approximate surface area is 127 Å². The number of anilines is 1. The van der Waals surface area contributed by atoms with Gasteiger partial charge in [0.1, 0.15) is 5.82 Å². The Hall–Kier alpha value is -1.94. The first-order chi connectivity index (χ1) is 10.1. The van der Waals surface area contributed by atoms with Crippen LogP contribution in [0.1, 0.15) is 25.1 Å². The molecule has 0 unspecified atom stereocenters. The van der Waals surface area contributed by atoms with Crippen molar-refractivity contribution in [1.29, 1.82) is 0 Å². The molecule has 2 heterocycles. The lowest BCUT2D eigenvalue weighted by Gasteiger charge is -2.19. The van der Waals surface area contributed by atoms with E-state index in [1.54, 1.807) is 0 Å². The highest BCUT2D eigenvalue weighted by Crippen LogP contribution is 2.12. The van der Waals surface area contributed by atoms with Gasteiger partial charge in [0.05, 0.1) is 0 Å². The molecule has 112 valence electrons. The third-order valence-corrected chi connectivity index (χ3v) is 3.34. The molecular formula is C17H24N4. The van der Waals surface area contributed by atoms with Crippen LogP contribution >= 0.6 is 0 Å². The molecule has 0 radical (unpaired) electrons. The van der Waals surface area contributed by atoms with Gasteiger partial charge in [0.2, 0.25) is 0 Å². The standard InChI is InChI=1S/C17H24N4/c1-14(2)20-13-15-7-10-19-17(12-15)21(3)11-8-16-6-4-5-9-18-16/h4-7,9-10,12,14,20H,8,11,13H2,1-3H3. The van der Waals surface area contributed by atoms with Gasteiger partial charge in [-0.2, -0.15) is 0 Å². The van der Waals surface area contributed by atoms with Crippen molar-refractivity contribution >= 4 is 5.82 Å². The molecule has 2 aromatic rings. The highest BCUT2D eigenvalue weighted by Gasteiger charge is 2.05. The summed E-state index contributed by atoms with van der Waals surface area (Å²) in [5.41, 5.74) is 2.38. The van der Waals surface area contributed by atoms with Crippen molar-refractivity contribution in [3.8, 4) is 0 Å². The SMILES string of the molecule is CC(C)NCc1ccnc(N(C)CCc2ccccn2)c1. The highest BCUT2D eigenvalue weighted by atomic mass is 15.2. The maximum absolute atomic E-state index is 4.46. The fourth-order valence-corrected chi connectivity index (χ4v) is 2.04. The van der Waals surface area contributed by atoms with Crippen molar-refractivity contribution in [2.45, 2.75) is 32.9 Å². The smallest absolute Gasteiger partial charge is 0.128 e. The molecule has 0 aliphatic rings. The molecule has 0 aliphatic carbocycles. The van der Waals surface area contributed by atoms with Crippen molar-refractivity contribution in [2.75, 3.05) is 18.5 Å². The second-order valence-corrected chi connectivity index (χ2v) is 5.55. The summed E-state index contributed by atoms with van der Waals surface area (Å²) < 4.78 is 0. The van der Waals surface area contributed by atoms with E-state index in [-0.39, 0.29) is 0 Å². The summed E-state index contributed by atoms with van der Waals surface area (Å²) in [7, 11) is 2.07. The summed E-state index contributed by atoms with van der Waals surface area (Å²) in [5.74, 6) is 1.01. The topological polar surface area (TPSA) is 41.1 Å². The largest absolute Gasteiger partial charge is 0.359 e. The Kier molecular flexibility index (Phi) is 5.69. The summed E-state index contributed by atoms with van der Waals surface area (Å²) in [5, 5.41) is 3.43. The van der Waals surface area contributed by atoms with Crippen LogP contribution in [0.15, 0.2) is 42.7 Å². The zero-order valence-electron chi connectivity index (χ0n) is 13.1. The summed E-state index contributed by atoms with van der Waals surface area (Å²) in [4.78, 5) is 11.0. The van der Waals surface area contributed by atoms with Gasteiger partial charge < -0.3 is 10.2 Å². The number of pyridine rings is 2. The lowest BCUT2D eigenvalue weighted by atomic mass is 10.2. The summed E-state index contributed by atoms with van der Waals surface area (Å²) in [6.07, 6.45) is 4.64. The highest BCUT2D eigenvalue weighted by molar-refractivity contribution is 5.40. The number of rotatable bonds is 7. The lowest BCUT2D eigenvalue weighted by Crippen LogP contribution is -2.23. The van der Waals surface area contributed by atoms with Crippen LogP contribution in [0.5, 0.6) is 0 Å². The first kappa shape index (κ1) is 15.4. The molecule has 2 rings (SSSR count). The molecule has 0 atom stereocenters. The second-order valence-electron chi connectivity index (χ2n) is 5.55. The van der Waals surface area contributed by atoms with E-state index in [4.69, 9.17) is 0 Å². The van der Waals surface area contributed by atoms with Gasteiger partial charge in [0.25, 0.3) is 0 Å². The van der Waals surface area contributed by atoms with E-state index >= 15 is 0 Å². The van der Waals surface area contributed by atoms with Crippen molar-refractivity contribution in [3.05, 3.63) is 54.0 Å². The van der Waals surface area contributed by atoms with E-state index in [1.807, 2.05) is 24.5 Å². The number of nitrogens with one attached hydrogen (secondary N) is 1. The van der Waals surface area contributed by atoms with Crippen LogP contribution in [0.3, 0.4) is 0 Å². The van der Waals surface area contributed by atoms with Crippen molar-refractivity contribution in [1.82, 2.24) is 15.3 Å². The van der Waals surface area contributed by atoms with E-state index in [2.05, 4.69) is 59.3 Å². The number of likely N-dealkylation sites (N-methyl/N-ethyl adjacent to an activating group) is 1. The van der Waals surface area contributed by atoms with Crippen LogP contribution in [-0.4, -0.2) is 29.6 Å². The maximum Gasteiger partial charge on any atom is 0.128 e. The summed E-state index contributed by atoms with van der Waals surface area (Å²) in [6, 6.07) is 10.7. The Balaban J connectivity index is 1.92. The molecule has 0 saturated heterocycles. The van der Waals surface area contributed by atoms with Crippen LogP contribution in [0.25, 0.3) is 0 Å². The first-order valence-electron chi connectivity index (χ1n) is 7.44. The van der Waals surface area contributed by atoms with Gasteiger partial charge in [-0.1, -0.05) is 19.9 Å². The molecule has 0 fully saturated rings. The fourth-order valence-electron chi connectivity index (χ4n) is 2.04. The molecule has 4 heteroatoms. The normalized spacial score (nSPS) is 10.9. The van der Waals surface area contributed by atoms with Crippen LogP contribution in [-0.2, 0) is 13.0 Å². The van der Waals surface area contributed by atoms with Crippen molar-refractivity contribution in [2.24, 2.45) is 0 Å². The predicted molar refractivity (Wildman–Crippen MR) is 87.4 cm³/mol. The average molecular weight is 284 g/mol. The Morgan fingerprint density at radius 3 is 2.71 bits per heavy atom. The minimum atomic E-state index is 0.489. The van der Waals surface area contributed by atoms with Gasteiger partial charge in [0.15, 0.2) is 0 Å². The van der Waals surface area contributed by atoms with Crippen LogP contribution < -0.4 is 10.2 Å². The average Bonchev–Trinajstić information content (AvgIpc) is 2.52. The van der Waals surface area contributed by atoms with Gasteiger partial charge in [-0.15, -0.1) is 0 Å². The van der Waals surface area contributed by atoms with Gasteiger partial charge in [-0.05, 0) is 29.8 Å². The minimum absolute atomic E-state index is 0.489. The molecule has 0 amide bonds. The molecule has 4 nitrogen and oxygen atoms in total. The number of nitrogens with zero attached hydrogens (tertiary/aromatic N) is 3. The lowest BCUT2D eigenvalue weighted by molar-refractivity contribution is 0.588. The molecule has 0 bridgehead atoms. The second kappa shape index (κ2) is 7.74. The molecule has 0 aliphatic heterocycles. The van der Waals surface area contributed by atoms with E-state index in [0.717, 1.165) is 31.0 Å². The maximum atomic E-state index is 4.46. The number of hydrogen-bond acceptors (Lipinski definition) is 4. The van der Waals surface area contributed by atoms with Gasteiger partial charge in [-0.3, -0.25) is 4.98 Å². The summed E-state index contributed by atoms with van der Waals surface area (Å²) >= 11 is 0. The number of aromatic nitrogens is 2. The number of hydrogen-bond donors (Lipinski definition) is 1. The van der Waals surface area contributed by atoms with E-state index in [1.165, 1.54) is 5.56 Å².